The van der Waals surface area contributed by atoms with E-state index in [1.807, 2.05) is 67.3 Å². The maximum Gasteiger partial charge on any atom is 0.253 e. The van der Waals surface area contributed by atoms with Gasteiger partial charge in [-0.1, -0.05) is 35.9 Å². The standard InChI is InChI=1S/C23H30N2O3/c1-18-7-5-9-20(15-18)23(27)25-12-6-11-24(13-14-25)16-21(26)17-28-22-10-4-3-8-19(22)2/h3-5,7-10,15,21,26H,6,11-14,16-17H2,1-2H3. The van der Waals surface area contributed by atoms with Crippen LogP contribution in [0.15, 0.2) is 48.5 Å². The fraction of sp³-hybridized carbons (Fsp3) is 0.435. The van der Waals surface area contributed by atoms with E-state index in [1.54, 1.807) is 0 Å². The summed E-state index contributed by atoms with van der Waals surface area (Å²) in [5, 5.41) is 10.4. The Labute approximate surface area is 167 Å². The first kappa shape index (κ1) is 20.4. The fourth-order valence-corrected chi connectivity index (χ4v) is 3.57. The molecule has 1 aliphatic heterocycles. The summed E-state index contributed by atoms with van der Waals surface area (Å²) in [5.41, 5.74) is 2.91. The SMILES string of the molecule is Cc1cccc(C(=O)N2CCCN(CC(O)COc3ccccc3C)CC2)c1. The molecule has 1 amide bonds. The van der Waals surface area contributed by atoms with Crippen molar-refractivity contribution < 1.29 is 14.6 Å². The second-order valence-electron chi connectivity index (χ2n) is 7.55. The number of rotatable bonds is 6. The van der Waals surface area contributed by atoms with Crippen molar-refractivity contribution in [2.45, 2.75) is 26.4 Å². The molecule has 1 heterocycles. The van der Waals surface area contributed by atoms with E-state index >= 15 is 0 Å². The number of nitrogens with zero attached hydrogens (tertiary/aromatic N) is 2. The van der Waals surface area contributed by atoms with Crippen molar-refractivity contribution in [3.8, 4) is 5.75 Å². The number of aliphatic hydroxyl groups is 1. The average Bonchev–Trinajstić information content (AvgIpc) is 2.92. The first-order valence-corrected chi connectivity index (χ1v) is 9.98. The van der Waals surface area contributed by atoms with Gasteiger partial charge in [-0.05, 0) is 50.6 Å². The Morgan fingerprint density at radius 2 is 1.89 bits per heavy atom. The van der Waals surface area contributed by atoms with Crippen LogP contribution in [0, 0.1) is 13.8 Å². The Morgan fingerprint density at radius 1 is 1.07 bits per heavy atom. The topological polar surface area (TPSA) is 53.0 Å². The van der Waals surface area contributed by atoms with Crippen LogP contribution >= 0.6 is 0 Å². The Morgan fingerprint density at radius 3 is 2.68 bits per heavy atom. The highest BCUT2D eigenvalue weighted by atomic mass is 16.5. The summed E-state index contributed by atoms with van der Waals surface area (Å²) < 4.78 is 5.76. The normalized spacial score (nSPS) is 16.5. The van der Waals surface area contributed by atoms with Crippen molar-refractivity contribution in [2.75, 3.05) is 39.3 Å². The van der Waals surface area contributed by atoms with Crippen molar-refractivity contribution in [2.24, 2.45) is 0 Å². The second-order valence-corrected chi connectivity index (χ2v) is 7.55. The molecule has 1 fully saturated rings. The van der Waals surface area contributed by atoms with Gasteiger partial charge in [0.15, 0.2) is 0 Å². The predicted molar refractivity (Wildman–Crippen MR) is 111 cm³/mol. The summed E-state index contributed by atoms with van der Waals surface area (Å²) in [5.74, 6) is 0.904. The minimum Gasteiger partial charge on any atom is -0.491 e. The lowest BCUT2D eigenvalue weighted by Gasteiger charge is -2.24. The van der Waals surface area contributed by atoms with Crippen LogP contribution < -0.4 is 4.74 Å². The van der Waals surface area contributed by atoms with E-state index < -0.39 is 6.10 Å². The van der Waals surface area contributed by atoms with Gasteiger partial charge >= 0.3 is 0 Å². The zero-order valence-corrected chi connectivity index (χ0v) is 16.8. The van der Waals surface area contributed by atoms with Gasteiger partial charge in [-0.2, -0.15) is 0 Å². The number of para-hydroxylation sites is 1. The first-order chi connectivity index (χ1) is 13.5. The molecule has 0 bridgehead atoms. The molecule has 5 heteroatoms. The van der Waals surface area contributed by atoms with E-state index in [-0.39, 0.29) is 12.5 Å². The smallest absolute Gasteiger partial charge is 0.253 e. The monoisotopic (exact) mass is 382 g/mol. The van der Waals surface area contributed by atoms with E-state index in [1.165, 1.54) is 0 Å². The van der Waals surface area contributed by atoms with E-state index in [9.17, 15) is 9.90 Å². The van der Waals surface area contributed by atoms with Gasteiger partial charge in [-0.25, -0.2) is 0 Å². The largest absolute Gasteiger partial charge is 0.491 e. The van der Waals surface area contributed by atoms with E-state index in [0.29, 0.717) is 13.1 Å². The van der Waals surface area contributed by atoms with Crippen molar-refractivity contribution in [3.63, 3.8) is 0 Å². The van der Waals surface area contributed by atoms with Gasteiger partial charge < -0.3 is 14.7 Å². The average molecular weight is 383 g/mol. The molecule has 0 spiro atoms. The molecule has 0 aromatic heterocycles. The van der Waals surface area contributed by atoms with Crippen LogP contribution in [0.2, 0.25) is 0 Å². The van der Waals surface area contributed by atoms with Crippen molar-refractivity contribution in [1.82, 2.24) is 9.80 Å². The van der Waals surface area contributed by atoms with Crippen LogP contribution in [0.25, 0.3) is 0 Å². The summed E-state index contributed by atoms with van der Waals surface area (Å²) in [6.07, 6.45) is 0.349. The highest BCUT2D eigenvalue weighted by Gasteiger charge is 2.22. The van der Waals surface area contributed by atoms with Crippen LogP contribution in [0.1, 0.15) is 27.9 Å². The quantitative estimate of drug-likeness (QED) is 0.835. The van der Waals surface area contributed by atoms with Crippen LogP contribution in [-0.4, -0.2) is 66.2 Å². The Kier molecular flexibility index (Phi) is 7.06. The first-order valence-electron chi connectivity index (χ1n) is 9.98. The molecule has 0 aliphatic carbocycles. The number of benzene rings is 2. The molecule has 1 aliphatic rings. The van der Waals surface area contributed by atoms with Gasteiger partial charge in [0.25, 0.3) is 5.91 Å². The molecule has 2 aromatic rings. The van der Waals surface area contributed by atoms with Crippen LogP contribution in [0.5, 0.6) is 5.75 Å². The number of carbonyl (C=O) groups excluding carboxylic acids is 1. The summed E-state index contributed by atoms with van der Waals surface area (Å²) in [7, 11) is 0. The van der Waals surface area contributed by atoms with Crippen LogP contribution in [0.4, 0.5) is 0 Å². The maximum atomic E-state index is 12.8. The molecule has 150 valence electrons. The number of hydrogen-bond donors (Lipinski definition) is 1. The second kappa shape index (κ2) is 9.71. The highest BCUT2D eigenvalue weighted by molar-refractivity contribution is 5.94. The van der Waals surface area contributed by atoms with Gasteiger partial charge in [0.2, 0.25) is 0 Å². The number of aryl methyl sites for hydroxylation is 2. The molecule has 1 saturated heterocycles. The van der Waals surface area contributed by atoms with Crippen LogP contribution in [0.3, 0.4) is 0 Å². The van der Waals surface area contributed by atoms with E-state index in [2.05, 4.69) is 4.90 Å². The molecule has 1 unspecified atom stereocenters. The van der Waals surface area contributed by atoms with Gasteiger partial charge in [0.1, 0.15) is 18.5 Å². The van der Waals surface area contributed by atoms with Crippen molar-refractivity contribution in [3.05, 3.63) is 65.2 Å². The molecule has 0 saturated carbocycles. The molecular weight excluding hydrogens is 352 g/mol. The Bertz CT molecular complexity index is 793. The van der Waals surface area contributed by atoms with Gasteiger partial charge in [-0.15, -0.1) is 0 Å². The summed E-state index contributed by atoms with van der Waals surface area (Å²) in [6.45, 7) is 7.89. The number of carbonyl (C=O) groups is 1. The van der Waals surface area contributed by atoms with Crippen LogP contribution in [-0.2, 0) is 0 Å². The molecule has 0 radical (unpaired) electrons. The molecule has 2 aromatic carbocycles. The lowest BCUT2D eigenvalue weighted by molar-refractivity contribution is 0.0668. The fourth-order valence-electron chi connectivity index (χ4n) is 3.57. The third-order valence-electron chi connectivity index (χ3n) is 5.13. The third-order valence-corrected chi connectivity index (χ3v) is 5.13. The molecule has 1 atom stereocenters. The maximum absolute atomic E-state index is 12.8. The minimum atomic E-state index is -0.557. The molecule has 3 rings (SSSR count). The zero-order chi connectivity index (χ0) is 19.9. The number of β-amino-alcohol motifs (C(OH)–C–C–N with tert-alkyl or cyclic N) is 1. The molecular formula is C23H30N2O3. The summed E-state index contributed by atoms with van der Waals surface area (Å²) in [4.78, 5) is 16.9. The van der Waals surface area contributed by atoms with E-state index in [0.717, 1.165) is 48.5 Å². The van der Waals surface area contributed by atoms with Crippen molar-refractivity contribution in [1.29, 1.82) is 0 Å². The molecule has 28 heavy (non-hydrogen) atoms. The summed E-state index contributed by atoms with van der Waals surface area (Å²) >= 11 is 0. The minimum absolute atomic E-state index is 0.0917. The third kappa shape index (κ3) is 5.57. The van der Waals surface area contributed by atoms with Gasteiger partial charge in [0.05, 0.1) is 0 Å². The lowest BCUT2D eigenvalue weighted by atomic mass is 10.1. The number of ether oxygens (including phenoxy) is 1. The Balaban J connectivity index is 1.48. The lowest BCUT2D eigenvalue weighted by Crippen LogP contribution is -2.39. The summed E-state index contributed by atoms with van der Waals surface area (Å²) in [6, 6.07) is 15.6. The van der Waals surface area contributed by atoms with Gasteiger partial charge in [0, 0.05) is 31.7 Å². The number of hydrogen-bond acceptors (Lipinski definition) is 4. The zero-order valence-electron chi connectivity index (χ0n) is 16.8. The molecule has 1 N–H and O–H groups in total. The van der Waals surface area contributed by atoms with Gasteiger partial charge in [-0.3, -0.25) is 9.69 Å². The predicted octanol–water partition coefficient (Wildman–Crippen LogP) is 2.89. The van der Waals surface area contributed by atoms with E-state index in [4.69, 9.17) is 4.74 Å². The number of amides is 1. The number of aliphatic hydroxyl groups excluding tert-OH is 1. The Hall–Kier alpha value is -2.37. The molecule has 5 nitrogen and oxygen atoms in total. The highest BCUT2D eigenvalue weighted by Crippen LogP contribution is 2.16. The van der Waals surface area contributed by atoms with Crippen molar-refractivity contribution >= 4 is 5.91 Å².